The average Bonchev–Trinajstić information content (AvgIpc) is 1.95. The Balaban J connectivity index is 3.44. The van der Waals surface area contributed by atoms with Gasteiger partial charge in [0.05, 0.1) is 6.54 Å². The predicted octanol–water partition coefficient (Wildman–Crippen LogP) is 0.497. The molecule has 0 aliphatic carbocycles. The van der Waals surface area contributed by atoms with Gasteiger partial charge in [-0.25, -0.2) is 8.78 Å². The van der Waals surface area contributed by atoms with Crippen LogP contribution in [0.2, 0.25) is 0 Å². The highest BCUT2D eigenvalue weighted by Crippen LogP contribution is 2.08. The maximum Gasteiger partial charge on any atom is 0.262 e. The van der Waals surface area contributed by atoms with Crippen LogP contribution in [0.3, 0.4) is 0 Å². The fraction of sp³-hybridized carbons (Fsp3) is 0.857. The van der Waals surface area contributed by atoms with Crippen molar-refractivity contribution in [3.8, 4) is 0 Å². The van der Waals surface area contributed by atoms with Gasteiger partial charge >= 0.3 is 0 Å². The smallest absolute Gasteiger partial charge is 0.262 e. The van der Waals surface area contributed by atoms with Gasteiger partial charge in [0.25, 0.3) is 5.92 Å². The number of carbonyl (C=O) groups excluding carboxylic acids is 1. The van der Waals surface area contributed by atoms with Crippen LogP contribution in [0, 0.1) is 0 Å². The Morgan fingerprint density at radius 2 is 2.17 bits per heavy atom. The molecule has 1 amide bonds. The van der Waals surface area contributed by atoms with Gasteiger partial charge in [0.15, 0.2) is 0 Å². The van der Waals surface area contributed by atoms with Crippen molar-refractivity contribution < 1.29 is 13.6 Å². The molecule has 3 nitrogen and oxygen atoms in total. The van der Waals surface area contributed by atoms with Crippen LogP contribution in [0.1, 0.15) is 19.8 Å². The number of hydrogen-bond acceptors (Lipinski definition) is 2. The number of carbonyl (C=O) groups is 1. The summed E-state index contributed by atoms with van der Waals surface area (Å²) in [7, 11) is 0. The zero-order valence-electron chi connectivity index (χ0n) is 7.07. The Bertz CT molecular complexity index is 145. The van der Waals surface area contributed by atoms with Gasteiger partial charge in [-0.1, -0.05) is 0 Å². The van der Waals surface area contributed by atoms with E-state index in [2.05, 4.69) is 5.32 Å². The van der Waals surface area contributed by atoms with Crippen molar-refractivity contribution >= 4 is 5.91 Å². The highest BCUT2D eigenvalue weighted by Gasteiger charge is 2.21. The van der Waals surface area contributed by atoms with Crippen LogP contribution in [0.15, 0.2) is 0 Å². The molecule has 0 radical (unpaired) electrons. The molecule has 0 saturated heterocycles. The summed E-state index contributed by atoms with van der Waals surface area (Å²) in [5.74, 6) is -3.21. The van der Waals surface area contributed by atoms with Crippen LogP contribution in [0.4, 0.5) is 8.78 Å². The summed E-state index contributed by atoms with van der Waals surface area (Å²) in [4.78, 5) is 10.7. The molecule has 0 unspecified atom stereocenters. The molecule has 3 N–H and O–H groups in total. The summed E-state index contributed by atoms with van der Waals surface area (Å²) in [5.41, 5.74) is 5.13. The summed E-state index contributed by atoms with van der Waals surface area (Å²) >= 11 is 0. The highest BCUT2D eigenvalue weighted by molar-refractivity contribution is 5.75. The molecule has 0 aromatic carbocycles. The first kappa shape index (κ1) is 11.3. The van der Waals surface area contributed by atoms with Crippen molar-refractivity contribution in [1.29, 1.82) is 0 Å². The van der Waals surface area contributed by atoms with E-state index in [9.17, 15) is 13.6 Å². The first-order chi connectivity index (χ1) is 5.45. The average molecular weight is 180 g/mol. The molecular formula is C7H14F2N2O. The zero-order chi connectivity index (χ0) is 9.61. The molecule has 0 aliphatic rings. The Morgan fingerprint density at radius 1 is 1.58 bits per heavy atom. The van der Waals surface area contributed by atoms with Gasteiger partial charge in [-0.2, -0.15) is 0 Å². The first-order valence-corrected chi connectivity index (χ1v) is 3.80. The Kier molecular flexibility index (Phi) is 4.73. The number of alkyl halides is 2. The van der Waals surface area contributed by atoms with Gasteiger partial charge in [-0.05, 0) is 13.0 Å². The minimum atomic E-state index is -2.83. The number of nitrogens with two attached hydrogens (primary N) is 1. The van der Waals surface area contributed by atoms with Gasteiger partial charge in [0.2, 0.25) is 5.91 Å². The Labute approximate surface area is 70.3 Å². The van der Waals surface area contributed by atoms with Crippen molar-refractivity contribution in [2.75, 3.05) is 13.1 Å². The van der Waals surface area contributed by atoms with Crippen LogP contribution in [0.25, 0.3) is 0 Å². The van der Waals surface area contributed by atoms with Crippen LogP contribution in [0.5, 0.6) is 0 Å². The largest absolute Gasteiger partial charge is 0.350 e. The Morgan fingerprint density at radius 3 is 2.58 bits per heavy atom. The van der Waals surface area contributed by atoms with E-state index in [1.807, 2.05) is 0 Å². The van der Waals surface area contributed by atoms with Crippen molar-refractivity contribution in [2.45, 2.75) is 25.7 Å². The Hall–Kier alpha value is -0.710. The topological polar surface area (TPSA) is 55.1 Å². The normalized spacial score (nSPS) is 11.3. The third-order valence-corrected chi connectivity index (χ3v) is 1.20. The lowest BCUT2D eigenvalue weighted by Crippen LogP contribution is -2.34. The number of halogens is 2. The van der Waals surface area contributed by atoms with E-state index in [1.54, 1.807) is 0 Å². The minimum Gasteiger partial charge on any atom is -0.350 e. The monoisotopic (exact) mass is 180 g/mol. The van der Waals surface area contributed by atoms with Crippen LogP contribution < -0.4 is 11.1 Å². The second kappa shape index (κ2) is 5.03. The van der Waals surface area contributed by atoms with E-state index >= 15 is 0 Å². The van der Waals surface area contributed by atoms with Gasteiger partial charge < -0.3 is 11.1 Å². The molecule has 0 aromatic heterocycles. The van der Waals surface area contributed by atoms with E-state index in [1.165, 1.54) is 0 Å². The van der Waals surface area contributed by atoms with E-state index in [0.29, 0.717) is 13.0 Å². The van der Waals surface area contributed by atoms with E-state index in [-0.39, 0.29) is 12.3 Å². The highest BCUT2D eigenvalue weighted by atomic mass is 19.3. The third-order valence-electron chi connectivity index (χ3n) is 1.20. The number of hydrogen-bond donors (Lipinski definition) is 2. The van der Waals surface area contributed by atoms with Gasteiger partial charge in [0, 0.05) is 13.3 Å². The fourth-order valence-electron chi connectivity index (χ4n) is 0.605. The van der Waals surface area contributed by atoms with Gasteiger partial charge in [0.1, 0.15) is 0 Å². The van der Waals surface area contributed by atoms with Gasteiger partial charge in [-0.3, -0.25) is 4.79 Å². The van der Waals surface area contributed by atoms with Crippen molar-refractivity contribution in [1.82, 2.24) is 5.32 Å². The lowest BCUT2D eigenvalue weighted by molar-refractivity contribution is -0.122. The number of rotatable bonds is 5. The van der Waals surface area contributed by atoms with Crippen molar-refractivity contribution in [3.63, 3.8) is 0 Å². The molecule has 12 heavy (non-hydrogen) atoms. The van der Waals surface area contributed by atoms with Gasteiger partial charge in [-0.15, -0.1) is 0 Å². The molecule has 0 heterocycles. The standard InChI is InChI=1S/C7H14F2N2O/c1-7(8,9)5-11-6(12)3-2-4-10/h2-5,10H2,1H3,(H,11,12). The quantitative estimate of drug-likeness (QED) is 0.647. The maximum absolute atomic E-state index is 12.2. The van der Waals surface area contributed by atoms with Crippen LogP contribution >= 0.6 is 0 Å². The zero-order valence-corrected chi connectivity index (χ0v) is 7.07. The molecule has 0 aromatic rings. The minimum absolute atomic E-state index is 0.215. The molecule has 5 heteroatoms. The molecule has 0 bridgehead atoms. The fourth-order valence-corrected chi connectivity index (χ4v) is 0.605. The number of amides is 1. The summed E-state index contributed by atoms with van der Waals surface area (Å²) < 4.78 is 24.3. The van der Waals surface area contributed by atoms with E-state index in [0.717, 1.165) is 6.92 Å². The molecule has 0 rings (SSSR count). The third kappa shape index (κ3) is 7.40. The van der Waals surface area contributed by atoms with Crippen molar-refractivity contribution in [2.24, 2.45) is 5.73 Å². The molecule has 0 spiro atoms. The molecular weight excluding hydrogens is 166 g/mol. The second-order valence-corrected chi connectivity index (χ2v) is 2.74. The molecule has 0 fully saturated rings. The maximum atomic E-state index is 12.2. The van der Waals surface area contributed by atoms with Crippen LogP contribution in [-0.4, -0.2) is 24.9 Å². The van der Waals surface area contributed by atoms with Crippen molar-refractivity contribution in [3.05, 3.63) is 0 Å². The number of nitrogens with one attached hydrogen (secondary N) is 1. The summed E-state index contributed by atoms with van der Waals surface area (Å²) in [6.45, 7) is 0.558. The lowest BCUT2D eigenvalue weighted by atomic mass is 10.3. The van der Waals surface area contributed by atoms with E-state index in [4.69, 9.17) is 5.73 Å². The summed E-state index contributed by atoms with van der Waals surface area (Å²) in [6.07, 6.45) is 0.744. The lowest BCUT2D eigenvalue weighted by Gasteiger charge is -2.10. The molecule has 0 atom stereocenters. The molecule has 0 aliphatic heterocycles. The SMILES string of the molecule is CC(F)(F)CNC(=O)CCCN. The summed E-state index contributed by atoms with van der Waals surface area (Å²) in [5, 5.41) is 2.11. The summed E-state index contributed by atoms with van der Waals surface area (Å²) in [6, 6.07) is 0. The molecule has 0 saturated carbocycles. The predicted molar refractivity (Wildman–Crippen MR) is 41.9 cm³/mol. The van der Waals surface area contributed by atoms with Crippen LogP contribution in [-0.2, 0) is 4.79 Å². The second-order valence-electron chi connectivity index (χ2n) is 2.74. The van der Waals surface area contributed by atoms with E-state index < -0.39 is 12.5 Å². The first-order valence-electron chi connectivity index (χ1n) is 3.80. The molecule has 72 valence electrons.